The Hall–Kier alpha value is -2.43. The van der Waals surface area contributed by atoms with Gasteiger partial charge < -0.3 is 9.88 Å². The number of amides is 1. The first kappa shape index (κ1) is 13.5. The molecule has 0 saturated heterocycles. The molecule has 108 valence electrons. The van der Waals surface area contributed by atoms with Gasteiger partial charge in [-0.25, -0.2) is 4.98 Å². The molecule has 5 nitrogen and oxygen atoms in total. The van der Waals surface area contributed by atoms with Crippen molar-refractivity contribution in [2.75, 3.05) is 5.32 Å². The highest BCUT2D eigenvalue weighted by molar-refractivity contribution is 6.07. The number of carbonyl (C=O) groups is 2. The van der Waals surface area contributed by atoms with Crippen LogP contribution in [0.25, 0.3) is 0 Å². The van der Waals surface area contributed by atoms with E-state index in [9.17, 15) is 9.59 Å². The largest absolute Gasteiger partial charge is 0.331 e. The molecule has 0 atom stereocenters. The lowest BCUT2D eigenvalue weighted by Gasteiger charge is -2.24. The normalized spacial score (nSPS) is 14.5. The van der Waals surface area contributed by atoms with Gasteiger partial charge in [-0.3, -0.25) is 9.59 Å². The van der Waals surface area contributed by atoms with E-state index in [1.165, 1.54) is 0 Å². The number of imidazole rings is 1. The van der Waals surface area contributed by atoms with Gasteiger partial charge in [0, 0.05) is 36.6 Å². The fourth-order valence-electron chi connectivity index (χ4n) is 2.33. The van der Waals surface area contributed by atoms with Gasteiger partial charge in [0.15, 0.2) is 5.82 Å². The standard InChI is InChI=1S/C16H17N3O2/c1-19-10-9-17-15(19)14(20)11-5-7-13(8-6-11)18-16(21)12-3-2-4-12/h5-10,12H,2-4H2,1H3,(H,18,21). The molecule has 1 aromatic carbocycles. The molecule has 3 rings (SSSR count). The van der Waals surface area contributed by atoms with Crippen molar-refractivity contribution in [1.29, 1.82) is 0 Å². The van der Waals surface area contributed by atoms with E-state index >= 15 is 0 Å². The highest BCUT2D eigenvalue weighted by Gasteiger charge is 2.25. The van der Waals surface area contributed by atoms with Crippen molar-refractivity contribution in [3.05, 3.63) is 48.0 Å². The summed E-state index contributed by atoms with van der Waals surface area (Å²) in [6.45, 7) is 0. The number of hydrogen-bond donors (Lipinski definition) is 1. The Kier molecular flexibility index (Phi) is 3.56. The molecule has 1 fully saturated rings. The summed E-state index contributed by atoms with van der Waals surface area (Å²) in [6.07, 6.45) is 6.42. The molecule has 0 radical (unpaired) electrons. The summed E-state index contributed by atoms with van der Waals surface area (Å²) in [7, 11) is 1.79. The number of carbonyl (C=O) groups excluding carboxylic acids is 2. The van der Waals surface area contributed by atoms with Crippen LogP contribution in [-0.4, -0.2) is 21.2 Å². The average molecular weight is 283 g/mol. The van der Waals surface area contributed by atoms with Gasteiger partial charge in [-0.05, 0) is 37.1 Å². The second-order valence-electron chi connectivity index (χ2n) is 5.39. The van der Waals surface area contributed by atoms with E-state index < -0.39 is 0 Å². The van der Waals surface area contributed by atoms with Crippen LogP contribution in [0.15, 0.2) is 36.7 Å². The Morgan fingerprint density at radius 1 is 1.24 bits per heavy atom. The van der Waals surface area contributed by atoms with Gasteiger partial charge in [-0.15, -0.1) is 0 Å². The van der Waals surface area contributed by atoms with Gasteiger partial charge in [0.05, 0.1) is 0 Å². The molecule has 0 spiro atoms. The van der Waals surface area contributed by atoms with Gasteiger partial charge in [-0.2, -0.15) is 0 Å². The highest BCUT2D eigenvalue weighted by Crippen LogP contribution is 2.27. The number of hydrogen-bond acceptors (Lipinski definition) is 3. The van der Waals surface area contributed by atoms with Crippen LogP contribution < -0.4 is 5.32 Å². The third kappa shape index (κ3) is 2.72. The molecule has 1 amide bonds. The Labute approximate surface area is 123 Å². The molecule has 1 N–H and O–H groups in total. The fourth-order valence-corrected chi connectivity index (χ4v) is 2.33. The number of anilines is 1. The smallest absolute Gasteiger partial charge is 0.228 e. The average Bonchev–Trinajstić information content (AvgIpc) is 2.83. The van der Waals surface area contributed by atoms with Crippen LogP contribution in [0.2, 0.25) is 0 Å². The molecule has 0 unspecified atom stereocenters. The topological polar surface area (TPSA) is 64.0 Å². The van der Waals surface area contributed by atoms with Crippen molar-refractivity contribution >= 4 is 17.4 Å². The second kappa shape index (κ2) is 5.52. The van der Waals surface area contributed by atoms with E-state index in [4.69, 9.17) is 0 Å². The van der Waals surface area contributed by atoms with Crippen molar-refractivity contribution in [3.63, 3.8) is 0 Å². The summed E-state index contributed by atoms with van der Waals surface area (Å²) in [5, 5.41) is 2.89. The van der Waals surface area contributed by atoms with Gasteiger partial charge in [-0.1, -0.05) is 6.42 Å². The predicted molar refractivity (Wildman–Crippen MR) is 79.1 cm³/mol. The zero-order chi connectivity index (χ0) is 14.8. The van der Waals surface area contributed by atoms with Crippen LogP contribution in [0.5, 0.6) is 0 Å². The minimum absolute atomic E-state index is 0.0735. The fraction of sp³-hybridized carbons (Fsp3) is 0.312. The number of rotatable bonds is 4. The predicted octanol–water partition coefficient (Wildman–Crippen LogP) is 2.39. The summed E-state index contributed by atoms with van der Waals surface area (Å²) in [5.41, 5.74) is 1.29. The van der Waals surface area contributed by atoms with Crippen LogP contribution >= 0.6 is 0 Å². The number of aromatic nitrogens is 2. The van der Waals surface area contributed by atoms with Crippen LogP contribution in [0.1, 0.15) is 35.4 Å². The molecular formula is C16H17N3O2. The molecule has 21 heavy (non-hydrogen) atoms. The molecule has 0 bridgehead atoms. The van der Waals surface area contributed by atoms with E-state index in [0.29, 0.717) is 11.4 Å². The van der Waals surface area contributed by atoms with Crippen LogP contribution in [0.3, 0.4) is 0 Å². The number of aryl methyl sites for hydroxylation is 1. The van der Waals surface area contributed by atoms with Crippen LogP contribution in [0.4, 0.5) is 5.69 Å². The SMILES string of the molecule is Cn1ccnc1C(=O)c1ccc(NC(=O)C2CCC2)cc1. The number of nitrogens with one attached hydrogen (secondary N) is 1. The van der Waals surface area contributed by atoms with Crippen molar-refractivity contribution in [2.45, 2.75) is 19.3 Å². The lowest BCUT2D eigenvalue weighted by molar-refractivity contribution is -0.122. The van der Waals surface area contributed by atoms with Gasteiger partial charge in [0.2, 0.25) is 11.7 Å². The third-order valence-corrected chi connectivity index (χ3v) is 3.91. The maximum atomic E-state index is 12.3. The van der Waals surface area contributed by atoms with E-state index in [1.807, 2.05) is 0 Å². The van der Waals surface area contributed by atoms with Crippen LogP contribution in [-0.2, 0) is 11.8 Å². The lowest BCUT2D eigenvalue weighted by Crippen LogP contribution is -2.28. The van der Waals surface area contributed by atoms with Crippen molar-refractivity contribution in [1.82, 2.24) is 9.55 Å². The maximum Gasteiger partial charge on any atom is 0.228 e. The van der Waals surface area contributed by atoms with Gasteiger partial charge >= 0.3 is 0 Å². The zero-order valence-electron chi connectivity index (χ0n) is 11.9. The molecule has 1 aliphatic carbocycles. The summed E-state index contributed by atoms with van der Waals surface area (Å²) < 4.78 is 1.69. The monoisotopic (exact) mass is 283 g/mol. The number of ketones is 1. The van der Waals surface area contributed by atoms with Crippen molar-refractivity contribution in [3.8, 4) is 0 Å². The third-order valence-electron chi connectivity index (χ3n) is 3.91. The summed E-state index contributed by atoms with van der Waals surface area (Å²) in [6, 6.07) is 6.94. The van der Waals surface area contributed by atoms with Crippen molar-refractivity contribution in [2.24, 2.45) is 13.0 Å². The number of benzene rings is 1. The first-order valence-electron chi connectivity index (χ1n) is 7.08. The Morgan fingerprint density at radius 3 is 2.48 bits per heavy atom. The maximum absolute atomic E-state index is 12.3. The Bertz CT molecular complexity index is 669. The van der Waals surface area contributed by atoms with Crippen LogP contribution in [0, 0.1) is 5.92 Å². The second-order valence-corrected chi connectivity index (χ2v) is 5.39. The van der Waals surface area contributed by atoms with Crippen molar-refractivity contribution < 1.29 is 9.59 Å². The zero-order valence-corrected chi connectivity index (χ0v) is 11.9. The van der Waals surface area contributed by atoms with Gasteiger partial charge in [0.1, 0.15) is 0 Å². The molecule has 0 aliphatic heterocycles. The quantitative estimate of drug-likeness (QED) is 0.876. The summed E-state index contributed by atoms with van der Waals surface area (Å²) >= 11 is 0. The van der Waals surface area contributed by atoms with E-state index in [-0.39, 0.29) is 17.6 Å². The summed E-state index contributed by atoms with van der Waals surface area (Å²) in [4.78, 5) is 28.2. The molecule has 1 heterocycles. The van der Waals surface area contributed by atoms with E-state index in [0.717, 1.165) is 24.9 Å². The summed E-state index contributed by atoms with van der Waals surface area (Å²) in [5.74, 6) is 0.504. The molecular weight excluding hydrogens is 266 g/mol. The first-order valence-corrected chi connectivity index (χ1v) is 7.08. The highest BCUT2D eigenvalue weighted by atomic mass is 16.2. The lowest BCUT2D eigenvalue weighted by atomic mass is 9.85. The first-order chi connectivity index (χ1) is 10.1. The Balaban J connectivity index is 1.70. The molecule has 1 aromatic heterocycles. The molecule has 5 heteroatoms. The molecule has 1 aliphatic rings. The minimum Gasteiger partial charge on any atom is -0.331 e. The van der Waals surface area contributed by atoms with E-state index in [1.54, 1.807) is 48.3 Å². The Morgan fingerprint density at radius 2 is 1.95 bits per heavy atom. The van der Waals surface area contributed by atoms with E-state index in [2.05, 4.69) is 10.3 Å². The number of nitrogens with zero attached hydrogens (tertiary/aromatic N) is 2. The molecule has 1 saturated carbocycles. The van der Waals surface area contributed by atoms with Gasteiger partial charge in [0.25, 0.3) is 0 Å². The molecule has 2 aromatic rings. The minimum atomic E-state index is -0.126.